The summed E-state index contributed by atoms with van der Waals surface area (Å²) in [5, 5.41) is 9.26. The van der Waals surface area contributed by atoms with Crippen LogP contribution in [0.1, 0.15) is 97.3 Å². The third-order valence-electron chi connectivity index (χ3n) is 4.24. The molecule has 0 aliphatic rings. The highest BCUT2D eigenvalue weighted by Crippen LogP contribution is 2.17. The monoisotopic (exact) mass is 336 g/mol. The molecule has 5 heteroatoms. The molecule has 0 aromatic carbocycles. The fourth-order valence-electron chi connectivity index (χ4n) is 2.82. The van der Waals surface area contributed by atoms with E-state index in [0.717, 1.165) is 51.4 Å². The van der Waals surface area contributed by atoms with Crippen LogP contribution in [0.2, 0.25) is 0 Å². The second-order valence-corrected chi connectivity index (χ2v) is 8.12. The predicted molar refractivity (Wildman–Crippen MR) is 92.7 cm³/mol. The lowest BCUT2D eigenvalue weighted by Crippen LogP contribution is -2.20. The van der Waals surface area contributed by atoms with Crippen LogP contribution in [0.5, 0.6) is 0 Å². The highest BCUT2D eigenvalue weighted by molar-refractivity contribution is 7.86. The summed E-state index contributed by atoms with van der Waals surface area (Å²) in [6.45, 7) is 4.11. The molecule has 2 atom stereocenters. The van der Waals surface area contributed by atoms with Crippen molar-refractivity contribution in [2.24, 2.45) is 0 Å². The zero-order chi connectivity index (χ0) is 16.8. The lowest BCUT2D eigenvalue weighted by atomic mass is 10.0. The fraction of sp³-hybridized carbons (Fsp3) is 1.00. The average molecular weight is 337 g/mol. The van der Waals surface area contributed by atoms with E-state index >= 15 is 0 Å². The van der Waals surface area contributed by atoms with E-state index in [0.29, 0.717) is 12.8 Å². The summed E-state index contributed by atoms with van der Waals surface area (Å²) in [5.41, 5.74) is 0. The van der Waals surface area contributed by atoms with Crippen molar-refractivity contribution >= 4 is 10.1 Å². The van der Waals surface area contributed by atoms with E-state index in [-0.39, 0.29) is 6.10 Å². The molecule has 0 heterocycles. The Morgan fingerprint density at radius 1 is 0.727 bits per heavy atom. The second-order valence-electron chi connectivity index (χ2n) is 6.42. The number of unbranched alkanes of at least 4 members (excludes halogenated alkanes) is 6. The average Bonchev–Trinajstić information content (AvgIpc) is 2.45. The maximum atomic E-state index is 11.2. The summed E-state index contributed by atoms with van der Waals surface area (Å²) in [4.78, 5) is 0. The maximum absolute atomic E-state index is 11.2. The first kappa shape index (κ1) is 21.9. The molecule has 0 aromatic heterocycles. The highest BCUT2D eigenvalue weighted by Gasteiger charge is 2.21. The zero-order valence-corrected chi connectivity index (χ0v) is 15.3. The van der Waals surface area contributed by atoms with Crippen molar-refractivity contribution in [3.63, 3.8) is 0 Å². The van der Waals surface area contributed by atoms with Crippen LogP contribution in [0, 0.1) is 0 Å². The van der Waals surface area contributed by atoms with E-state index in [1.165, 1.54) is 19.3 Å². The van der Waals surface area contributed by atoms with Crippen LogP contribution >= 0.6 is 0 Å². The van der Waals surface area contributed by atoms with Crippen molar-refractivity contribution in [2.45, 2.75) is 109 Å². The molecule has 0 aliphatic heterocycles. The van der Waals surface area contributed by atoms with Crippen molar-refractivity contribution < 1.29 is 18.1 Å². The Balaban J connectivity index is 3.59. The number of aliphatic hydroxyl groups excluding tert-OH is 1. The predicted octanol–water partition coefficient (Wildman–Crippen LogP) is 4.71. The van der Waals surface area contributed by atoms with Crippen molar-refractivity contribution in [1.29, 1.82) is 0 Å². The first-order chi connectivity index (χ1) is 10.4. The Labute approximate surface area is 137 Å². The van der Waals surface area contributed by atoms with E-state index in [4.69, 9.17) is 4.55 Å². The summed E-state index contributed by atoms with van der Waals surface area (Å²) in [6.07, 6.45) is 12.1. The van der Waals surface area contributed by atoms with Gasteiger partial charge in [-0.3, -0.25) is 4.55 Å². The highest BCUT2D eigenvalue weighted by atomic mass is 32.2. The van der Waals surface area contributed by atoms with Gasteiger partial charge < -0.3 is 5.11 Å². The van der Waals surface area contributed by atoms with Gasteiger partial charge in [-0.05, 0) is 25.7 Å². The van der Waals surface area contributed by atoms with Crippen molar-refractivity contribution in [1.82, 2.24) is 0 Å². The molecule has 2 unspecified atom stereocenters. The molecule has 22 heavy (non-hydrogen) atoms. The van der Waals surface area contributed by atoms with Gasteiger partial charge in [-0.25, -0.2) is 0 Å². The van der Waals surface area contributed by atoms with Crippen LogP contribution in [0.4, 0.5) is 0 Å². The molecule has 0 amide bonds. The van der Waals surface area contributed by atoms with Gasteiger partial charge in [0.15, 0.2) is 0 Å². The molecule has 4 nitrogen and oxygen atoms in total. The largest absolute Gasteiger partial charge is 0.393 e. The van der Waals surface area contributed by atoms with E-state index < -0.39 is 15.4 Å². The summed E-state index contributed by atoms with van der Waals surface area (Å²) < 4.78 is 31.5. The summed E-state index contributed by atoms with van der Waals surface area (Å²) >= 11 is 0. The topological polar surface area (TPSA) is 74.6 Å². The summed E-state index contributed by atoms with van der Waals surface area (Å²) in [7, 11) is -3.89. The van der Waals surface area contributed by atoms with Gasteiger partial charge in [0.05, 0.1) is 11.4 Å². The van der Waals surface area contributed by atoms with Gasteiger partial charge >= 0.3 is 0 Å². The first-order valence-corrected chi connectivity index (χ1v) is 10.6. The van der Waals surface area contributed by atoms with Gasteiger partial charge in [0.2, 0.25) is 0 Å². The minimum absolute atomic E-state index is 0.178. The van der Waals surface area contributed by atoms with Crippen LogP contribution in [0.15, 0.2) is 0 Å². The molecule has 0 aromatic rings. The minimum Gasteiger partial charge on any atom is -0.393 e. The number of rotatable bonds is 15. The molecule has 0 rings (SSSR count). The van der Waals surface area contributed by atoms with E-state index in [1.807, 2.05) is 6.92 Å². The Bertz CT molecular complexity index is 341. The number of aliphatic hydroxyl groups is 1. The van der Waals surface area contributed by atoms with E-state index in [1.54, 1.807) is 0 Å². The molecule has 0 aliphatic carbocycles. The maximum Gasteiger partial charge on any atom is 0.267 e. The molecule has 0 fully saturated rings. The molecule has 0 saturated heterocycles. The minimum atomic E-state index is -3.89. The van der Waals surface area contributed by atoms with Gasteiger partial charge in [0.1, 0.15) is 0 Å². The SMILES string of the molecule is CCCCCCC(O)CCCCCCC(CCC)S(=O)(=O)O. The van der Waals surface area contributed by atoms with Crippen LogP contribution < -0.4 is 0 Å². The molecule has 0 bridgehead atoms. The molecular formula is C17H36O4S. The summed E-state index contributed by atoms with van der Waals surface area (Å²) in [6, 6.07) is 0. The smallest absolute Gasteiger partial charge is 0.267 e. The van der Waals surface area contributed by atoms with Gasteiger partial charge in [-0.15, -0.1) is 0 Å². The van der Waals surface area contributed by atoms with Crippen molar-refractivity contribution in [2.75, 3.05) is 0 Å². The molecule has 134 valence electrons. The van der Waals surface area contributed by atoms with E-state index in [2.05, 4.69) is 6.92 Å². The van der Waals surface area contributed by atoms with Gasteiger partial charge in [-0.1, -0.05) is 71.6 Å². The molecule has 0 saturated carbocycles. The second kappa shape index (κ2) is 13.3. The lowest BCUT2D eigenvalue weighted by molar-refractivity contribution is 0.147. The van der Waals surface area contributed by atoms with Crippen LogP contribution in [0.25, 0.3) is 0 Å². The normalized spacial score (nSPS) is 14.9. The standard InChI is InChI=1S/C17H36O4S/c1-3-5-6-9-13-16(18)14-10-7-8-11-15-17(12-4-2)22(19,20)21/h16-18H,3-15H2,1-2H3,(H,19,20,21). The van der Waals surface area contributed by atoms with Crippen LogP contribution in [-0.4, -0.2) is 29.4 Å². The Kier molecular flexibility index (Phi) is 13.2. The third kappa shape index (κ3) is 12.4. The van der Waals surface area contributed by atoms with E-state index in [9.17, 15) is 13.5 Å². The lowest BCUT2D eigenvalue weighted by Gasteiger charge is -2.13. The molecule has 2 N–H and O–H groups in total. The number of hydrogen-bond donors (Lipinski definition) is 2. The zero-order valence-electron chi connectivity index (χ0n) is 14.5. The molecule has 0 spiro atoms. The quantitative estimate of drug-likeness (QED) is 0.335. The van der Waals surface area contributed by atoms with Crippen LogP contribution in [0.3, 0.4) is 0 Å². The Hall–Kier alpha value is -0.130. The fourth-order valence-corrected chi connectivity index (χ4v) is 3.82. The van der Waals surface area contributed by atoms with Crippen molar-refractivity contribution in [3.8, 4) is 0 Å². The van der Waals surface area contributed by atoms with Gasteiger partial charge in [0.25, 0.3) is 10.1 Å². The summed E-state index contributed by atoms with van der Waals surface area (Å²) in [5.74, 6) is 0. The van der Waals surface area contributed by atoms with Gasteiger partial charge in [0, 0.05) is 0 Å². The number of hydrogen-bond acceptors (Lipinski definition) is 3. The van der Waals surface area contributed by atoms with Crippen molar-refractivity contribution in [3.05, 3.63) is 0 Å². The third-order valence-corrected chi connectivity index (χ3v) is 5.55. The Morgan fingerprint density at radius 2 is 1.23 bits per heavy atom. The molecule has 0 radical (unpaired) electrons. The van der Waals surface area contributed by atoms with Crippen LogP contribution in [-0.2, 0) is 10.1 Å². The van der Waals surface area contributed by atoms with Gasteiger partial charge in [-0.2, -0.15) is 8.42 Å². The molecular weight excluding hydrogens is 300 g/mol. The first-order valence-electron chi connectivity index (χ1n) is 9.06. The Morgan fingerprint density at radius 3 is 1.68 bits per heavy atom.